The number of hydrogen-bond acceptors (Lipinski definition) is 3. The van der Waals surface area contributed by atoms with Gasteiger partial charge in [0.15, 0.2) is 5.69 Å². The molecule has 17 heavy (non-hydrogen) atoms. The minimum atomic E-state index is -0.202. The maximum Gasteiger partial charge on any atom is 0.274 e. The number of aryl methyl sites for hydroxylation is 1. The van der Waals surface area contributed by atoms with Crippen molar-refractivity contribution in [2.45, 2.75) is 46.6 Å². The second-order valence-corrected chi connectivity index (χ2v) is 4.82. The molecule has 0 aliphatic carbocycles. The van der Waals surface area contributed by atoms with Crippen molar-refractivity contribution < 1.29 is 4.79 Å². The van der Waals surface area contributed by atoms with E-state index in [4.69, 9.17) is 5.73 Å². The number of hydrogen-bond donors (Lipinski definition) is 3. The van der Waals surface area contributed by atoms with Gasteiger partial charge in [0.1, 0.15) is 0 Å². The zero-order valence-corrected chi connectivity index (χ0v) is 11.0. The molecule has 1 rings (SSSR count). The summed E-state index contributed by atoms with van der Waals surface area (Å²) in [6.45, 7) is 8.20. The highest BCUT2D eigenvalue weighted by Crippen LogP contribution is 2.14. The molecule has 1 aromatic rings. The number of nitrogens with two attached hydrogens (primary N) is 1. The Kier molecular flexibility index (Phi) is 4.54. The lowest BCUT2D eigenvalue weighted by molar-refractivity contribution is 0.0932. The van der Waals surface area contributed by atoms with Crippen molar-refractivity contribution in [3.8, 4) is 0 Å². The zero-order chi connectivity index (χ0) is 13.0. The fourth-order valence-electron chi connectivity index (χ4n) is 1.89. The van der Waals surface area contributed by atoms with E-state index in [1.807, 2.05) is 13.8 Å². The smallest absolute Gasteiger partial charge is 0.274 e. The lowest BCUT2D eigenvalue weighted by atomic mass is 10.1. The minimum absolute atomic E-state index is 0.128. The summed E-state index contributed by atoms with van der Waals surface area (Å²) in [6, 6.07) is 0.128. The number of H-pyrrole nitrogens is 1. The highest BCUT2D eigenvalue weighted by molar-refractivity contribution is 5.97. The van der Waals surface area contributed by atoms with Gasteiger partial charge in [0.25, 0.3) is 5.91 Å². The van der Waals surface area contributed by atoms with E-state index in [9.17, 15) is 4.79 Å². The van der Waals surface area contributed by atoms with Crippen molar-refractivity contribution in [3.05, 3.63) is 11.4 Å². The van der Waals surface area contributed by atoms with Crippen molar-refractivity contribution in [2.24, 2.45) is 5.92 Å². The highest BCUT2D eigenvalue weighted by atomic mass is 16.2. The quantitative estimate of drug-likeness (QED) is 0.730. The van der Waals surface area contributed by atoms with E-state index in [0.29, 0.717) is 17.3 Å². The summed E-state index contributed by atoms with van der Waals surface area (Å²) in [5, 5.41) is 9.64. The van der Waals surface area contributed by atoms with Gasteiger partial charge in [0.2, 0.25) is 0 Å². The van der Waals surface area contributed by atoms with Gasteiger partial charge in [-0.3, -0.25) is 9.89 Å². The molecular formula is C12H22N4O. The van der Waals surface area contributed by atoms with Crippen molar-refractivity contribution in [1.29, 1.82) is 0 Å². The van der Waals surface area contributed by atoms with Crippen LogP contribution in [0.4, 0.5) is 5.69 Å². The molecule has 0 fully saturated rings. The second-order valence-electron chi connectivity index (χ2n) is 4.82. The molecule has 0 spiro atoms. The predicted molar refractivity (Wildman–Crippen MR) is 68.8 cm³/mol. The van der Waals surface area contributed by atoms with Crippen LogP contribution in [-0.4, -0.2) is 22.1 Å². The summed E-state index contributed by atoms with van der Waals surface area (Å²) in [5.41, 5.74) is 7.41. The maximum absolute atomic E-state index is 11.9. The molecule has 0 aliphatic heterocycles. The summed E-state index contributed by atoms with van der Waals surface area (Å²) in [5.74, 6) is 0.347. The van der Waals surface area contributed by atoms with Crippen LogP contribution in [-0.2, 0) is 6.42 Å². The topological polar surface area (TPSA) is 83.8 Å². The number of carbonyl (C=O) groups excluding carboxylic acids is 1. The van der Waals surface area contributed by atoms with Crippen LogP contribution in [0.5, 0.6) is 0 Å². The number of nitrogens with one attached hydrogen (secondary N) is 2. The van der Waals surface area contributed by atoms with E-state index in [2.05, 4.69) is 29.4 Å². The summed E-state index contributed by atoms with van der Waals surface area (Å²) < 4.78 is 0. The van der Waals surface area contributed by atoms with E-state index in [1.165, 1.54) is 0 Å². The van der Waals surface area contributed by atoms with Crippen LogP contribution >= 0.6 is 0 Å². The number of aromatic amines is 1. The third-order valence-electron chi connectivity index (χ3n) is 2.65. The molecule has 0 aliphatic rings. The third kappa shape index (κ3) is 3.47. The number of anilines is 1. The molecule has 4 N–H and O–H groups in total. The Labute approximate surface area is 102 Å². The average Bonchev–Trinajstić information content (AvgIpc) is 2.57. The first-order valence-corrected chi connectivity index (χ1v) is 6.09. The molecule has 5 nitrogen and oxygen atoms in total. The molecule has 5 heteroatoms. The fourth-order valence-corrected chi connectivity index (χ4v) is 1.89. The van der Waals surface area contributed by atoms with Gasteiger partial charge in [-0.2, -0.15) is 5.10 Å². The first-order valence-electron chi connectivity index (χ1n) is 6.09. The molecule has 96 valence electrons. The monoisotopic (exact) mass is 238 g/mol. The van der Waals surface area contributed by atoms with Crippen LogP contribution in [0.1, 0.15) is 50.3 Å². The minimum Gasteiger partial charge on any atom is -0.395 e. The number of aromatic nitrogens is 2. The first-order chi connectivity index (χ1) is 7.95. The molecule has 1 aromatic heterocycles. The van der Waals surface area contributed by atoms with Crippen molar-refractivity contribution >= 4 is 11.6 Å². The van der Waals surface area contributed by atoms with Crippen LogP contribution in [0.15, 0.2) is 0 Å². The fraction of sp³-hybridized carbons (Fsp3) is 0.667. The molecule has 0 radical (unpaired) electrons. The van der Waals surface area contributed by atoms with Crippen molar-refractivity contribution in [3.63, 3.8) is 0 Å². The Morgan fingerprint density at radius 3 is 2.59 bits per heavy atom. The number of carbonyl (C=O) groups is 1. The first kappa shape index (κ1) is 13.5. The molecule has 1 atom stereocenters. The van der Waals surface area contributed by atoms with E-state index < -0.39 is 0 Å². The summed E-state index contributed by atoms with van der Waals surface area (Å²) in [4.78, 5) is 11.9. The van der Waals surface area contributed by atoms with E-state index in [1.54, 1.807) is 0 Å². The molecule has 0 aromatic carbocycles. The van der Waals surface area contributed by atoms with Crippen LogP contribution in [0, 0.1) is 5.92 Å². The highest BCUT2D eigenvalue weighted by Gasteiger charge is 2.18. The van der Waals surface area contributed by atoms with Crippen molar-refractivity contribution in [1.82, 2.24) is 15.5 Å². The zero-order valence-electron chi connectivity index (χ0n) is 11.0. The third-order valence-corrected chi connectivity index (χ3v) is 2.65. The van der Waals surface area contributed by atoms with Crippen molar-refractivity contribution in [2.75, 3.05) is 5.73 Å². The van der Waals surface area contributed by atoms with Crippen LogP contribution in [0.3, 0.4) is 0 Å². The van der Waals surface area contributed by atoms with Gasteiger partial charge in [-0.15, -0.1) is 0 Å². The molecule has 0 saturated heterocycles. The number of nitrogens with zero attached hydrogens (tertiary/aromatic N) is 1. The summed E-state index contributed by atoms with van der Waals surface area (Å²) in [6.07, 6.45) is 1.68. The lowest BCUT2D eigenvalue weighted by Gasteiger charge is -2.15. The van der Waals surface area contributed by atoms with Gasteiger partial charge in [0.05, 0.1) is 11.4 Å². The normalized spacial score (nSPS) is 12.8. The standard InChI is InChI=1S/C12H22N4O/c1-5-9-10(13)11(16-15-9)12(17)14-8(4)6-7(2)3/h7-8H,5-6,13H2,1-4H3,(H,14,17)(H,15,16). The van der Waals surface area contributed by atoms with Gasteiger partial charge in [0, 0.05) is 6.04 Å². The van der Waals surface area contributed by atoms with Crippen LogP contribution in [0.2, 0.25) is 0 Å². The molecule has 1 heterocycles. The Balaban J connectivity index is 2.66. The average molecular weight is 238 g/mol. The van der Waals surface area contributed by atoms with E-state index >= 15 is 0 Å². The van der Waals surface area contributed by atoms with Crippen LogP contribution in [0.25, 0.3) is 0 Å². The number of amides is 1. The van der Waals surface area contributed by atoms with E-state index in [0.717, 1.165) is 18.5 Å². The molecule has 1 unspecified atom stereocenters. The Hall–Kier alpha value is -1.52. The second kappa shape index (κ2) is 5.70. The number of rotatable bonds is 5. The van der Waals surface area contributed by atoms with E-state index in [-0.39, 0.29) is 11.9 Å². The molecular weight excluding hydrogens is 216 g/mol. The van der Waals surface area contributed by atoms with Gasteiger partial charge in [-0.25, -0.2) is 0 Å². The largest absolute Gasteiger partial charge is 0.395 e. The molecule has 0 bridgehead atoms. The predicted octanol–water partition coefficient (Wildman–Crippen LogP) is 1.72. The molecule has 1 amide bonds. The maximum atomic E-state index is 11.9. The van der Waals surface area contributed by atoms with Gasteiger partial charge in [-0.1, -0.05) is 20.8 Å². The summed E-state index contributed by atoms with van der Waals surface area (Å²) >= 11 is 0. The van der Waals surface area contributed by atoms with Gasteiger partial charge < -0.3 is 11.1 Å². The van der Waals surface area contributed by atoms with Gasteiger partial charge >= 0.3 is 0 Å². The number of nitrogen functional groups attached to an aromatic ring is 1. The Morgan fingerprint density at radius 1 is 1.47 bits per heavy atom. The lowest BCUT2D eigenvalue weighted by Crippen LogP contribution is -2.34. The SMILES string of the molecule is CCc1[nH]nc(C(=O)NC(C)CC(C)C)c1N. The molecule has 0 saturated carbocycles. The Morgan fingerprint density at radius 2 is 2.12 bits per heavy atom. The summed E-state index contributed by atoms with van der Waals surface area (Å²) in [7, 11) is 0. The van der Waals surface area contributed by atoms with Gasteiger partial charge in [-0.05, 0) is 25.7 Å². The van der Waals surface area contributed by atoms with Crippen LogP contribution < -0.4 is 11.1 Å². The Bertz CT molecular complexity index is 384.